The summed E-state index contributed by atoms with van der Waals surface area (Å²) in [5.74, 6) is 0.595. The van der Waals surface area contributed by atoms with Gasteiger partial charge < -0.3 is 10.2 Å². The van der Waals surface area contributed by atoms with E-state index in [1.54, 1.807) is 12.1 Å². The van der Waals surface area contributed by atoms with Gasteiger partial charge in [-0.1, -0.05) is 11.6 Å². The maximum atomic E-state index is 12.6. The molecule has 1 aromatic rings. The molecule has 1 aliphatic rings. The maximum absolute atomic E-state index is 12.6. The molecule has 1 amide bonds. The minimum atomic E-state index is 0.0486. The molecule has 2 rings (SSSR count). The average Bonchev–Trinajstić information content (AvgIpc) is 2.47. The third kappa shape index (κ3) is 3.96. The molecule has 0 aliphatic carbocycles. The van der Waals surface area contributed by atoms with Crippen LogP contribution in [0.3, 0.4) is 0 Å². The molecular formula is C15H20BrClN2O. The maximum Gasteiger partial charge on any atom is 0.255 e. The van der Waals surface area contributed by atoms with Crippen LogP contribution in [0.25, 0.3) is 0 Å². The quantitative estimate of drug-likeness (QED) is 0.891. The molecule has 1 N–H and O–H groups in total. The zero-order chi connectivity index (χ0) is 14.5. The summed E-state index contributed by atoms with van der Waals surface area (Å²) in [7, 11) is 0. The van der Waals surface area contributed by atoms with Crippen molar-refractivity contribution in [1.29, 1.82) is 0 Å². The van der Waals surface area contributed by atoms with Crippen LogP contribution in [0.2, 0.25) is 5.02 Å². The molecule has 1 saturated heterocycles. The minimum Gasteiger partial charge on any atom is -0.339 e. The highest BCUT2D eigenvalue weighted by Crippen LogP contribution is 2.23. The monoisotopic (exact) mass is 358 g/mol. The molecule has 1 atom stereocenters. The first-order chi connectivity index (χ1) is 9.61. The topological polar surface area (TPSA) is 32.3 Å². The Morgan fingerprint density at radius 1 is 1.55 bits per heavy atom. The van der Waals surface area contributed by atoms with E-state index in [9.17, 15) is 4.79 Å². The van der Waals surface area contributed by atoms with Gasteiger partial charge in [0.05, 0.1) is 5.56 Å². The van der Waals surface area contributed by atoms with E-state index in [0.29, 0.717) is 23.0 Å². The highest BCUT2D eigenvalue weighted by atomic mass is 79.9. The molecule has 1 heterocycles. The number of nitrogens with zero attached hydrogens (tertiary/aromatic N) is 1. The SMILES string of the molecule is CCN(CC1CCCNC1)C(=O)c1cc(Cl)ccc1Br. The molecule has 0 radical (unpaired) electrons. The number of carbonyl (C=O) groups is 1. The average molecular weight is 360 g/mol. The number of nitrogens with one attached hydrogen (secondary N) is 1. The normalized spacial score (nSPS) is 18.9. The Bertz CT molecular complexity index is 475. The lowest BCUT2D eigenvalue weighted by Gasteiger charge is -2.29. The van der Waals surface area contributed by atoms with Crippen molar-refractivity contribution in [3.8, 4) is 0 Å². The summed E-state index contributed by atoms with van der Waals surface area (Å²) in [6, 6.07) is 5.34. The summed E-state index contributed by atoms with van der Waals surface area (Å²) in [5.41, 5.74) is 0.642. The number of benzene rings is 1. The van der Waals surface area contributed by atoms with Gasteiger partial charge in [-0.3, -0.25) is 4.79 Å². The van der Waals surface area contributed by atoms with Gasteiger partial charge in [0.25, 0.3) is 5.91 Å². The Balaban J connectivity index is 2.09. The van der Waals surface area contributed by atoms with E-state index in [4.69, 9.17) is 11.6 Å². The van der Waals surface area contributed by atoms with E-state index in [0.717, 1.165) is 24.1 Å². The van der Waals surface area contributed by atoms with Crippen molar-refractivity contribution in [2.45, 2.75) is 19.8 Å². The second-order valence-corrected chi connectivity index (χ2v) is 6.47. The van der Waals surface area contributed by atoms with Crippen molar-refractivity contribution < 1.29 is 4.79 Å². The van der Waals surface area contributed by atoms with Crippen LogP contribution in [-0.4, -0.2) is 37.0 Å². The summed E-state index contributed by atoms with van der Waals surface area (Å²) in [5, 5.41) is 3.98. The Labute approximate surface area is 133 Å². The molecule has 110 valence electrons. The van der Waals surface area contributed by atoms with E-state index >= 15 is 0 Å². The second kappa shape index (κ2) is 7.43. The predicted molar refractivity (Wildman–Crippen MR) is 86.3 cm³/mol. The van der Waals surface area contributed by atoms with Gasteiger partial charge >= 0.3 is 0 Å². The summed E-state index contributed by atoms with van der Waals surface area (Å²) in [4.78, 5) is 14.6. The zero-order valence-corrected chi connectivity index (χ0v) is 14.0. The molecule has 20 heavy (non-hydrogen) atoms. The van der Waals surface area contributed by atoms with Crippen molar-refractivity contribution in [2.24, 2.45) is 5.92 Å². The fourth-order valence-electron chi connectivity index (χ4n) is 2.58. The Morgan fingerprint density at radius 3 is 3.00 bits per heavy atom. The standard InChI is InChI=1S/C15H20BrClN2O/c1-2-19(10-11-4-3-7-18-9-11)15(20)13-8-12(17)5-6-14(13)16/h5-6,8,11,18H,2-4,7,9-10H2,1H3. The number of carbonyl (C=O) groups excluding carboxylic acids is 1. The van der Waals surface area contributed by atoms with Gasteiger partial charge in [-0.25, -0.2) is 0 Å². The summed E-state index contributed by atoms with van der Waals surface area (Å²) < 4.78 is 0.798. The number of hydrogen-bond acceptors (Lipinski definition) is 2. The van der Waals surface area contributed by atoms with E-state index in [1.165, 1.54) is 12.8 Å². The van der Waals surface area contributed by atoms with Gasteiger partial charge in [0.15, 0.2) is 0 Å². The first-order valence-corrected chi connectivity index (χ1v) is 8.24. The molecule has 1 aromatic carbocycles. The number of rotatable bonds is 4. The fraction of sp³-hybridized carbons (Fsp3) is 0.533. The summed E-state index contributed by atoms with van der Waals surface area (Å²) >= 11 is 9.43. The van der Waals surface area contributed by atoms with Crippen LogP contribution >= 0.6 is 27.5 Å². The van der Waals surface area contributed by atoms with E-state index < -0.39 is 0 Å². The van der Waals surface area contributed by atoms with Crippen LogP contribution < -0.4 is 5.32 Å². The highest BCUT2D eigenvalue weighted by Gasteiger charge is 2.22. The smallest absolute Gasteiger partial charge is 0.255 e. The summed E-state index contributed by atoms with van der Waals surface area (Å²) in [6.07, 6.45) is 2.38. The minimum absolute atomic E-state index is 0.0486. The van der Waals surface area contributed by atoms with Crippen LogP contribution in [0.4, 0.5) is 0 Å². The first kappa shape index (κ1) is 15.8. The molecule has 0 saturated carbocycles. The van der Waals surface area contributed by atoms with E-state index in [1.807, 2.05) is 17.9 Å². The lowest BCUT2D eigenvalue weighted by Crippen LogP contribution is -2.41. The van der Waals surface area contributed by atoms with Gasteiger partial charge in [-0.15, -0.1) is 0 Å². The molecule has 1 fully saturated rings. The van der Waals surface area contributed by atoms with Crippen molar-refractivity contribution in [1.82, 2.24) is 10.2 Å². The summed E-state index contributed by atoms with van der Waals surface area (Å²) in [6.45, 7) is 5.64. The molecule has 0 bridgehead atoms. The van der Waals surface area contributed by atoms with Gasteiger partial charge in [0.2, 0.25) is 0 Å². The zero-order valence-electron chi connectivity index (χ0n) is 11.7. The Hall–Kier alpha value is -0.580. The third-order valence-electron chi connectivity index (χ3n) is 3.71. The molecule has 1 unspecified atom stereocenters. The van der Waals surface area contributed by atoms with Gasteiger partial charge in [-0.05, 0) is 72.9 Å². The van der Waals surface area contributed by atoms with Gasteiger partial charge in [0.1, 0.15) is 0 Å². The molecule has 1 aliphatic heterocycles. The van der Waals surface area contributed by atoms with Crippen LogP contribution in [0, 0.1) is 5.92 Å². The lowest BCUT2D eigenvalue weighted by molar-refractivity contribution is 0.0728. The van der Waals surface area contributed by atoms with Crippen LogP contribution in [0.15, 0.2) is 22.7 Å². The van der Waals surface area contributed by atoms with Crippen molar-refractivity contribution in [2.75, 3.05) is 26.2 Å². The number of hydrogen-bond donors (Lipinski definition) is 1. The second-order valence-electron chi connectivity index (χ2n) is 5.18. The number of amides is 1. The first-order valence-electron chi connectivity index (χ1n) is 7.07. The van der Waals surface area contributed by atoms with E-state index in [2.05, 4.69) is 21.2 Å². The lowest BCUT2D eigenvalue weighted by atomic mass is 9.99. The molecule has 3 nitrogen and oxygen atoms in total. The highest BCUT2D eigenvalue weighted by molar-refractivity contribution is 9.10. The molecular weight excluding hydrogens is 340 g/mol. The van der Waals surface area contributed by atoms with E-state index in [-0.39, 0.29) is 5.91 Å². The predicted octanol–water partition coefficient (Wildman–Crippen LogP) is 3.56. The molecule has 5 heteroatoms. The van der Waals surface area contributed by atoms with Crippen LogP contribution in [0.1, 0.15) is 30.1 Å². The third-order valence-corrected chi connectivity index (χ3v) is 4.63. The Kier molecular flexibility index (Phi) is 5.87. The van der Waals surface area contributed by atoms with Crippen LogP contribution in [0.5, 0.6) is 0 Å². The Morgan fingerprint density at radius 2 is 2.35 bits per heavy atom. The fourth-order valence-corrected chi connectivity index (χ4v) is 3.17. The largest absolute Gasteiger partial charge is 0.339 e. The van der Waals surface area contributed by atoms with Gasteiger partial charge in [0, 0.05) is 22.6 Å². The van der Waals surface area contributed by atoms with Crippen LogP contribution in [-0.2, 0) is 0 Å². The van der Waals surface area contributed by atoms with Crippen molar-refractivity contribution in [3.63, 3.8) is 0 Å². The van der Waals surface area contributed by atoms with Crippen molar-refractivity contribution in [3.05, 3.63) is 33.3 Å². The number of halogens is 2. The molecule has 0 spiro atoms. The van der Waals surface area contributed by atoms with Gasteiger partial charge in [-0.2, -0.15) is 0 Å². The van der Waals surface area contributed by atoms with Crippen molar-refractivity contribution >= 4 is 33.4 Å². The number of piperidine rings is 1. The molecule has 0 aromatic heterocycles.